The van der Waals surface area contributed by atoms with E-state index < -0.39 is 17.5 Å². The van der Waals surface area contributed by atoms with Crippen LogP contribution >= 0.6 is 0 Å². The zero-order valence-electron chi connectivity index (χ0n) is 14.3. The van der Waals surface area contributed by atoms with E-state index in [-0.39, 0.29) is 17.9 Å². The average Bonchev–Trinajstić information content (AvgIpc) is 2.78. The van der Waals surface area contributed by atoms with Gasteiger partial charge in [-0.25, -0.2) is 0 Å². The van der Waals surface area contributed by atoms with Crippen LogP contribution < -0.4 is 0 Å². The van der Waals surface area contributed by atoms with Gasteiger partial charge in [0.1, 0.15) is 6.10 Å². The summed E-state index contributed by atoms with van der Waals surface area (Å²) in [6.45, 7) is 7.07. The van der Waals surface area contributed by atoms with Crippen LogP contribution in [0.4, 0.5) is 0 Å². The van der Waals surface area contributed by atoms with Gasteiger partial charge in [-0.2, -0.15) is 0 Å². The molecule has 1 fully saturated rings. The number of ether oxygens (including phenoxy) is 3. The Kier molecular flexibility index (Phi) is 7.42. The number of hydrogen-bond donors (Lipinski definition) is 0. The fraction of sp³-hybridized carbons (Fsp3) is 0.706. The molecule has 0 unspecified atom stereocenters. The summed E-state index contributed by atoms with van der Waals surface area (Å²) in [5.74, 6) is -0.578. The van der Waals surface area contributed by atoms with E-state index in [1.165, 1.54) is 13.2 Å². The summed E-state index contributed by atoms with van der Waals surface area (Å²) in [7, 11) is 0. The molecule has 130 valence electrons. The van der Waals surface area contributed by atoms with E-state index >= 15 is 0 Å². The van der Waals surface area contributed by atoms with Crippen molar-refractivity contribution in [3.63, 3.8) is 0 Å². The van der Waals surface area contributed by atoms with Crippen LogP contribution in [0.25, 0.3) is 0 Å². The van der Waals surface area contributed by atoms with Gasteiger partial charge in [0.25, 0.3) is 0 Å². The topological polar surface area (TPSA) is 78.9 Å². The van der Waals surface area contributed by atoms with Crippen LogP contribution in [0.5, 0.6) is 0 Å². The maximum atomic E-state index is 11.8. The molecule has 0 saturated carbocycles. The van der Waals surface area contributed by atoms with Crippen molar-refractivity contribution in [3.05, 3.63) is 12.3 Å². The highest BCUT2D eigenvalue weighted by molar-refractivity contribution is 5.85. The Hall–Kier alpha value is -1.69. The Morgan fingerprint density at radius 2 is 2.04 bits per heavy atom. The number of carbonyl (C=O) groups excluding carboxylic acids is 3. The number of esters is 2. The number of hydrogen-bond acceptors (Lipinski definition) is 6. The quantitative estimate of drug-likeness (QED) is 0.406. The Balaban J connectivity index is 2.23. The van der Waals surface area contributed by atoms with Crippen molar-refractivity contribution in [1.29, 1.82) is 0 Å². The first-order valence-electron chi connectivity index (χ1n) is 7.87. The van der Waals surface area contributed by atoms with Gasteiger partial charge in [-0.1, -0.05) is 0 Å². The highest BCUT2D eigenvalue weighted by Gasteiger charge is 2.32. The molecule has 6 nitrogen and oxygen atoms in total. The Morgan fingerprint density at radius 3 is 2.65 bits per heavy atom. The van der Waals surface area contributed by atoms with E-state index in [1.807, 2.05) is 20.8 Å². The second kappa shape index (κ2) is 8.82. The standard InChI is InChI=1S/C17H26O6/c1-12(18)21-9-6-8-15-14(19)11-13(23-15)7-5-10-22-16(20)17(2,3)4/h6,9,13,15H,5,7-8,10-11H2,1-4H3/b9-6+/t13-,15-/m0/s1. The molecule has 1 saturated heterocycles. The van der Waals surface area contributed by atoms with Gasteiger partial charge >= 0.3 is 11.9 Å². The minimum Gasteiger partial charge on any atom is -0.465 e. The lowest BCUT2D eigenvalue weighted by Gasteiger charge is -2.17. The van der Waals surface area contributed by atoms with E-state index in [2.05, 4.69) is 4.74 Å². The van der Waals surface area contributed by atoms with Gasteiger partial charge in [0.05, 0.1) is 24.4 Å². The van der Waals surface area contributed by atoms with E-state index in [0.29, 0.717) is 32.3 Å². The van der Waals surface area contributed by atoms with E-state index in [0.717, 1.165) is 0 Å². The molecule has 0 N–H and O–H groups in total. The molecule has 0 amide bonds. The number of carbonyl (C=O) groups is 3. The van der Waals surface area contributed by atoms with Gasteiger partial charge in [0.2, 0.25) is 0 Å². The fourth-order valence-electron chi connectivity index (χ4n) is 2.08. The molecular weight excluding hydrogens is 300 g/mol. The summed E-state index contributed by atoms with van der Waals surface area (Å²) < 4.78 is 15.5. The molecule has 0 aromatic heterocycles. The summed E-state index contributed by atoms with van der Waals surface area (Å²) in [6, 6.07) is 0. The Morgan fingerprint density at radius 1 is 1.35 bits per heavy atom. The van der Waals surface area contributed by atoms with Gasteiger partial charge < -0.3 is 14.2 Å². The maximum Gasteiger partial charge on any atom is 0.311 e. The van der Waals surface area contributed by atoms with Crippen molar-refractivity contribution in [3.8, 4) is 0 Å². The molecule has 2 atom stereocenters. The summed E-state index contributed by atoms with van der Waals surface area (Å²) in [5, 5.41) is 0. The molecule has 1 aliphatic rings. The van der Waals surface area contributed by atoms with Crippen molar-refractivity contribution >= 4 is 17.7 Å². The first kappa shape index (κ1) is 19.4. The largest absolute Gasteiger partial charge is 0.465 e. The van der Waals surface area contributed by atoms with E-state index in [9.17, 15) is 14.4 Å². The maximum absolute atomic E-state index is 11.8. The zero-order valence-corrected chi connectivity index (χ0v) is 14.3. The van der Waals surface area contributed by atoms with Crippen LogP contribution in [-0.2, 0) is 28.6 Å². The fourth-order valence-corrected chi connectivity index (χ4v) is 2.08. The third-order valence-corrected chi connectivity index (χ3v) is 3.34. The molecule has 0 spiro atoms. The average molecular weight is 326 g/mol. The van der Waals surface area contributed by atoms with Crippen LogP contribution in [0, 0.1) is 5.41 Å². The molecule has 0 aromatic rings. The monoisotopic (exact) mass is 326 g/mol. The molecule has 1 rings (SSSR count). The van der Waals surface area contributed by atoms with Crippen molar-refractivity contribution in [2.75, 3.05) is 6.61 Å². The third-order valence-electron chi connectivity index (χ3n) is 3.34. The van der Waals surface area contributed by atoms with Gasteiger partial charge in [-0.05, 0) is 39.7 Å². The smallest absolute Gasteiger partial charge is 0.311 e. The Bertz CT molecular complexity index is 460. The zero-order chi connectivity index (χ0) is 17.5. The molecule has 1 heterocycles. The molecule has 0 aliphatic carbocycles. The van der Waals surface area contributed by atoms with Crippen molar-refractivity contribution in [2.45, 2.75) is 65.6 Å². The van der Waals surface area contributed by atoms with E-state index in [4.69, 9.17) is 9.47 Å². The van der Waals surface area contributed by atoms with Gasteiger partial charge in [0.15, 0.2) is 5.78 Å². The van der Waals surface area contributed by atoms with Gasteiger partial charge in [-0.15, -0.1) is 0 Å². The Labute approximate surface area is 137 Å². The first-order chi connectivity index (χ1) is 10.7. The highest BCUT2D eigenvalue weighted by Crippen LogP contribution is 2.23. The van der Waals surface area contributed by atoms with Crippen LogP contribution in [0.2, 0.25) is 0 Å². The predicted octanol–water partition coefficient (Wildman–Crippen LogP) is 2.55. The minimum absolute atomic E-state index is 0.0501. The van der Waals surface area contributed by atoms with Crippen LogP contribution in [0.1, 0.15) is 53.4 Å². The molecule has 1 aliphatic heterocycles. The van der Waals surface area contributed by atoms with Crippen LogP contribution in [0.3, 0.4) is 0 Å². The normalized spacial score (nSPS) is 21.7. The lowest BCUT2D eigenvalue weighted by Crippen LogP contribution is -2.23. The van der Waals surface area contributed by atoms with Crippen molar-refractivity contribution in [2.24, 2.45) is 5.41 Å². The van der Waals surface area contributed by atoms with Crippen LogP contribution in [0.15, 0.2) is 12.3 Å². The molecule has 0 aromatic carbocycles. The van der Waals surface area contributed by atoms with Gasteiger partial charge in [0, 0.05) is 19.8 Å². The summed E-state index contributed by atoms with van der Waals surface area (Å²) in [5.41, 5.74) is -0.501. The second-order valence-electron chi connectivity index (χ2n) is 6.66. The minimum atomic E-state index is -0.501. The van der Waals surface area contributed by atoms with Crippen molar-refractivity contribution < 1.29 is 28.6 Å². The highest BCUT2D eigenvalue weighted by atomic mass is 16.5. The second-order valence-corrected chi connectivity index (χ2v) is 6.66. The number of rotatable bonds is 7. The number of Topliss-reactive ketones (excluding diaryl/α,β-unsaturated/α-hetero) is 1. The predicted molar refractivity (Wildman–Crippen MR) is 83.5 cm³/mol. The lowest BCUT2D eigenvalue weighted by atomic mass is 9.97. The number of ketones is 1. The molecule has 23 heavy (non-hydrogen) atoms. The summed E-state index contributed by atoms with van der Waals surface area (Å²) in [4.78, 5) is 34.0. The summed E-state index contributed by atoms with van der Waals surface area (Å²) >= 11 is 0. The van der Waals surface area contributed by atoms with Crippen molar-refractivity contribution in [1.82, 2.24) is 0 Å². The van der Waals surface area contributed by atoms with Gasteiger partial charge in [-0.3, -0.25) is 14.4 Å². The molecule has 0 radical (unpaired) electrons. The molecule has 6 heteroatoms. The first-order valence-corrected chi connectivity index (χ1v) is 7.87. The molecular formula is C17H26O6. The SMILES string of the molecule is CC(=O)O/C=C/C[C@@H]1O[C@@H](CCCOC(=O)C(C)(C)C)CC1=O. The third kappa shape index (κ3) is 7.41. The molecule has 0 bridgehead atoms. The summed E-state index contributed by atoms with van der Waals surface area (Å²) in [6.07, 6.45) is 4.37. The lowest BCUT2D eigenvalue weighted by molar-refractivity contribution is -0.153. The van der Waals surface area contributed by atoms with Crippen LogP contribution in [-0.4, -0.2) is 36.5 Å². The van der Waals surface area contributed by atoms with E-state index in [1.54, 1.807) is 6.08 Å².